The number of nitrogens with zero attached hydrogens (tertiary/aromatic N) is 2. The minimum Gasteiger partial charge on any atom is -0.322 e. The Bertz CT molecular complexity index is 496. The number of nitriles is 1. The van der Waals surface area contributed by atoms with Gasteiger partial charge in [0, 0.05) is 0 Å². The normalized spacial score (nSPS) is 10.0. The SMILES string of the molecule is CC(C)c1c([N+](=O)[O-])c[nH]c(=O)c1C#N. The summed E-state index contributed by atoms with van der Waals surface area (Å²) in [7, 11) is 0. The van der Waals surface area contributed by atoms with Gasteiger partial charge in [-0.15, -0.1) is 0 Å². The summed E-state index contributed by atoms with van der Waals surface area (Å²) in [5.41, 5.74) is -0.807. The van der Waals surface area contributed by atoms with Crippen LogP contribution in [0.15, 0.2) is 11.0 Å². The third-order valence-electron chi connectivity index (χ3n) is 2.00. The van der Waals surface area contributed by atoms with Gasteiger partial charge in [0.15, 0.2) is 0 Å². The number of pyridine rings is 1. The Morgan fingerprint density at radius 2 is 2.20 bits per heavy atom. The minimum atomic E-state index is -0.605. The molecule has 6 heteroatoms. The highest BCUT2D eigenvalue weighted by Crippen LogP contribution is 2.26. The minimum absolute atomic E-state index is 0.181. The zero-order valence-corrected chi connectivity index (χ0v) is 8.27. The molecule has 0 aliphatic rings. The predicted octanol–water partition coefficient (Wildman–Crippen LogP) is 1.28. The van der Waals surface area contributed by atoms with Crippen molar-refractivity contribution in [1.29, 1.82) is 5.26 Å². The Morgan fingerprint density at radius 3 is 2.60 bits per heavy atom. The van der Waals surface area contributed by atoms with Crippen molar-refractivity contribution in [2.24, 2.45) is 0 Å². The molecule has 1 N–H and O–H groups in total. The summed E-state index contributed by atoms with van der Waals surface area (Å²) in [6, 6.07) is 1.69. The Labute approximate surface area is 85.3 Å². The van der Waals surface area contributed by atoms with E-state index in [-0.39, 0.29) is 22.7 Å². The number of aromatic amines is 1. The molecule has 1 rings (SSSR count). The summed E-state index contributed by atoms with van der Waals surface area (Å²) in [5, 5.41) is 19.4. The van der Waals surface area contributed by atoms with E-state index in [2.05, 4.69) is 4.98 Å². The number of rotatable bonds is 2. The summed E-state index contributed by atoms with van der Waals surface area (Å²) in [5.74, 6) is -0.248. The van der Waals surface area contributed by atoms with Crippen molar-refractivity contribution >= 4 is 5.69 Å². The van der Waals surface area contributed by atoms with E-state index >= 15 is 0 Å². The second-order valence-electron chi connectivity index (χ2n) is 3.32. The Kier molecular flexibility index (Phi) is 2.85. The lowest BCUT2D eigenvalue weighted by Gasteiger charge is -2.06. The number of nitro groups is 1. The maximum Gasteiger partial charge on any atom is 0.290 e. The first kappa shape index (κ1) is 10.9. The monoisotopic (exact) mass is 207 g/mol. The van der Waals surface area contributed by atoms with Crippen LogP contribution in [0.1, 0.15) is 30.9 Å². The second kappa shape index (κ2) is 3.92. The van der Waals surface area contributed by atoms with Crippen molar-refractivity contribution in [1.82, 2.24) is 4.98 Å². The van der Waals surface area contributed by atoms with Gasteiger partial charge in [-0.2, -0.15) is 5.26 Å². The van der Waals surface area contributed by atoms with Gasteiger partial charge < -0.3 is 4.98 Å². The molecule has 78 valence electrons. The number of hydrogen-bond donors (Lipinski definition) is 1. The molecular weight excluding hydrogens is 198 g/mol. The fraction of sp³-hybridized carbons (Fsp3) is 0.333. The molecule has 0 aliphatic carbocycles. The molecular formula is C9H9N3O3. The lowest BCUT2D eigenvalue weighted by molar-refractivity contribution is -0.386. The molecule has 0 spiro atoms. The highest BCUT2D eigenvalue weighted by molar-refractivity contribution is 5.49. The third kappa shape index (κ3) is 1.86. The smallest absolute Gasteiger partial charge is 0.290 e. The van der Waals surface area contributed by atoms with Gasteiger partial charge in [-0.1, -0.05) is 13.8 Å². The van der Waals surface area contributed by atoms with Crippen LogP contribution >= 0.6 is 0 Å². The molecule has 0 fully saturated rings. The maximum absolute atomic E-state index is 11.2. The van der Waals surface area contributed by atoms with Crippen LogP contribution in [0.3, 0.4) is 0 Å². The first-order chi connectivity index (χ1) is 6.99. The van der Waals surface area contributed by atoms with Gasteiger partial charge in [0.25, 0.3) is 11.2 Å². The number of aromatic nitrogens is 1. The largest absolute Gasteiger partial charge is 0.322 e. The first-order valence-electron chi connectivity index (χ1n) is 4.29. The van der Waals surface area contributed by atoms with Gasteiger partial charge >= 0.3 is 0 Å². The van der Waals surface area contributed by atoms with Crippen LogP contribution < -0.4 is 5.56 Å². The molecule has 0 bridgehead atoms. The molecule has 0 radical (unpaired) electrons. The van der Waals surface area contributed by atoms with Crippen molar-refractivity contribution in [3.8, 4) is 6.07 Å². The molecule has 0 atom stereocenters. The van der Waals surface area contributed by atoms with Crippen molar-refractivity contribution in [3.63, 3.8) is 0 Å². The van der Waals surface area contributed by atoms with E-state index in [0.29, 0.717) is 0 Å². The van der Waals surface area contributed by atoms with Crippen LogP contribution in [-0.2, 0) is 0 Å². The molecule has 15 heavy (non-hydrogen) atoms. The van der Waals surface area contributed by atoms with Crippen molar-refractivity contribution in [2.45, 2.75) is 19.8 Å². The van der Waals surface area contributed by atoms with Gasteiger partial charge in [0.05, 0.1) is 16.7 Å². The highest BCUT2D eigenvalue weighted by atomic mass is 16.6. The van der Waals surface area contributed by atoms with E-state index in [0.717, 1.165) is 6.20 Å². The van der Waals surface area contributed by atoms with Crippen molar-refractivity contribution in [3.05, 3.63) is 37.8 Å². The second-order valence-corrected chi connectivity index (χ2v) is 3.32. The van der Waals surface area contributed by atoms with Crippen LogP contribution in [0.5, 0.6) is 0 Å². The Hall–Kier alpha value is -2.16. The molecule has 1 aromatic heterocycles. The summed E-state index contributed by atoms with van der Waals surface area (Å²) in [4.78, 5) is 23.5. The van der Waals surface area contributed by atoms with Crippen molar-refractivity contribution < 1.29 is 4.92 Å². The van der Waals surface area contributed by atoms with E-state index in [9.17, 15) is 14.9 Å². The van der Waals surface area contributed by atoms with E-state index < -0.39 is 10.5 Å². The zero-order valence-electron chi connectivity index (χ0n) is 8.27. The number of nitrogens with one attached hydrogen (secondary N) is 1. The molecule has 1 heterocycles. The van der Waals surface area contributed by atoms with E-state index in [4.69, 9.17) is 5.26 Å². The third-order valence-corrected chi connectivity index (χ3v) is 2.00. The first-order valence-corrected chi connectivity index (χ1v) is 4.29. The summed E-state index contributed by atoms with van der Waals surface area (Å²) in [6.45, 7) is 3.39. The average Bonchev–Trinajstić information content (AvgIpc) is 2.16. The fourth-order valence-corrected chi connectivity index (χ4v) is 1.38. The zero-order chi connectivity index (χ0) is 11.6. The standard InChI is InChI=1S/C9H9N3O3/c1-5(2)8-6(3-10)9(13)11-4-7(8)12(14)15/h4-5H,1-2H3,(H,11,13). The Morgan fingerprint density at radius 1 is 1.60 bits per heavy atom. The lowest BCUT2D eigenvalue weighted by Crippen LogP contribution is -2.15. The molecule has 0 unspecified atom stereocenters. The molecule has 0 amide bonds. The number of hydrogen-bond acceptors (Lipinski definition) is 4. The Balaban J connectivity index is 3.66. The highest BCUT2D eigenvalue weighted by Gasteiger charge is 2.22. The molecule has 0 aromatic carbocycles. The molecule has 0 aliphatic heterocycles. The van der Waals surface area contributed by atoms with Gasteiger partial charge in [-0.05, 0) is 5.92 Å². The number of H-pyrrole nitrogens is 1. The average molecular weight is 207 g/mol. The predicted molar refractivity (Wildman–Crippen MR) is 52.5 cm³/mol. The van der Waals surface area contributed by atoms with Crippen LogP contribution in [0.2, 0.25) is 0 Å². The summed E-state index contributed by atoms with van der Waals surface area (Å²) in [6.07, 6.45) is 1.03. The summed E-state index contributed by atoms with van der Waals surface area (Å²) < 4.78 is 0. The molecule has 0 saturated carbocycles. The lowest BCUT2D eigenvalue weighted by atomic mass is 9.98. The van der Waals surface area contributed by atoms with Gasteiger partial charge in [-0.25, -0.2) is 0 Å². The summed E-state index contributed by atoms with van der Waals surface area (Å²) >= 11 is 0. The van der Waals surface area contributed by atoms with Gasteiger partial charge in [0.2, 0.25) is 0 Å². The molecule has 0 saturated heterocycles. The molecule has 1 aromatic rings. The van der Waals surface area contributed by atoms with Crippen LogP contribution in [0.25, 0.3) is 0 Å². The van der Waals surface area contributed by atoms with E-state index in [1.165, 1.54) is 0 Å². The van der Waals surface area contributed by atoms with E-state index in [1.807, 2.05) is 0 Å². The molecule has 6 nitrogen and oxygen atoms in total. The fourth-order valence-electron chi connectivity index (χ4n) is 1.38. The topological polar surface area (TPSA) is 99.8 Å². The van der Waals surface area contributed by atoms with Crippen molar-refractivity contribution in [2.75, 3.05) is 0 Å². The van der Waals surface area contributed by atoms with Crippen LogP contribution in [0, 0.1) is 21.4 Å². The van der Waals surface area contributed by atoms with Gasteiger partial charge in [0.1, 0.15) is 11.6 Å². The maximum atomic E-state index is 11.2. The van der Waals surface area contributed by atoms with E-state index in [1.54, 1.807) is 19.9 Å². The van der Waals surface area contributed by atoms with Crippen LogP contribution in [-0.4, -0.2) is 9.91 Å². The van der Waals surface area contributed by atoms with Crippen LogP contribution in [0.4, 0.5) is 5.69 Å². The van der Waals surface area contributed by atoms with Gasteiger partial charge in [-0.3, -0.25) is 14.9 Å². The quantitative estimate of drug-likeness (QED) is 0.583.